The molecule has 3 nitrogen and oxygen atoms in total. The molecule has 7 aromatic rings. The maximum Gasteiger partial charge on any atom is 0.200 e. The van der Waals surface area contributed by atoms with Gasteiger partial charge in [0.1, 0.15) is 11.2 Å². The maximum absolute atomic E-state index is 13.5. The van der Waals surface area contributed by atoms with Crippen LogP contribution in [0.3, 0.4) is 0 Å². The molecule has 0 radical (unpaired) electrons. The van der Waals surface area contributed by atoms with E-state index >= 15 is 0 Å². The normalized spacial score (nSPS) is 15.5. The highest BCUT2D eigenvalue weighted by atomic mass is 16.3. The minimum Gasteiger partial charge on any atom is -0.456 e. The lowest BCUT2D eigenvalue weighted by atomic mass is 9.60. The van der Waals surface area contributed by atoms with Crippen molar-refractivity contribution in [2.45, 2.75) is 38.5 Å². The molecule has 1 aliphatic rings. The van der Waals surface area contributed by atoms with Gasteiger partial charge in [0.25, 0.3) is 0 Å². The quantitative estimate of drug-likeness (QED) is 0.203. The average molecular weight is 520 g/mol. The van der Waals surface area contributed by atoms with Gasteiger partial charge in [-0.05, 0) is 70.8 Å². The van der Waals surface area contributed by atoms with Gasteiger partial charge in [0, 0.05) is 27.3 Å². The number of nitrogens with zero attached hydrogens (tertiary/aromatic N) is 1. The van der Waals surface area contributed by atoms with Gasteiger partial charge in [-0.15, -0.1) is 0 Å². The van der Waals surface area contributed by atoms with E-state index in [0.29, 0.717) is 21.9 Å². The molecule has 0 N–H and O–H groups in total. The van der Waals surface area contributed by atoms with Crippen molar-refractivity contribution in [3.8, 4) is 5.69 Å². The Labute approximate surface area is 232 Å². The maximum atomic E-state index is 13.5. The standard InChI is InChI=1S/C37H29NO2/c1-36(2)27-18-17-22(38-31-14-8-5-11-23(31)24-12-6-9-15-32(24)38)19-28(27)37(3,4)30-21-34-26(20-29(30)36)35(39)25-13-7-10-16-33(25)40-34/h5-21H,1-4H3. The highest BCUT2D eigenvalue weighted by Gasteiger charge is 2.42. The molecule has 194 valence electrons. The Balaban J connectivity index is 1.41. The van der Waals surface area contributed by atoms with Crippen molar-refractivity contribution in [2.75, 3.05) is 0 Å². The third kappa shape index (κ3) is 2.92. The molecular formula is C37H29NO2. The van der Waals surface area contributed by atoms with Crippen molar-refractivity contribution < 1.29 is 4.42 Å². The average Bonchev–Trinajstić information content (AvgIpc) is 3.30. The number of rotatable bonds is 1. The Morgan fingerprint density at radius 2 is 1.07 bits per heavy atom. The summed E-state index contributed by atoms with van der Waals surface area (Å²) in [5, 5.41) is 3.79. The highest BCUT2D eigenvalue weighted by molar-refractivity contribution is 6.09. The number of para-hydroxylation sites is 3. The minimum absolute atomic E-state index is 0.0285. The second kappa shape index (κ2) is 7.73. The van der Waals surface area contributed by atoms with Gasteiger partial charge < -0.3 is 8.98 Å². The SMILES string of the molecule is CC1(C)c2cc(-n3c4ccccc4c4ccccc43)ccc2C(C)(C)c2cc3c(=O)c4ccccc4oc3cc21. The van der Waals surface area contributed by atoms with Crippen LogP contribution in [0.2, 0.25) is 0 Å². The van der Waals surface area contributed by atoms with Gasteiger partial charge in [0.05, 0.1) is 21.8 Å². The summed E-state index contributed by atoms with van der Waals surface area (Å²) in [5.74, 6) is 0. The predicted molar refractivity (Wildman–Crippen MR) is 165 cm³/mol. The van der Waals surface area contributed by atoms with E-state index in [9.17, 15) is 4.79 Å². The molecule has 2 heterocycles. The van der Waals surface area contributed by atoms with Gasteiger partial charge in [0.15, 0.2) is 0 Å². The lowest BCUT2D eigenvalue weighted by molar-refractivity contribution is 0.519. The fourth-order valence-electron chi connectivity index (χ4n) is 7.11. The Hall–Kier alpha value is -4.63. The molecular weight excluding hydrogens is 490 g/mol. The number of benzene rings is 5. The van der Waals surface area contributed by atoms with Crippen molar-refractivity contribution >= 4 is 43.7 Å². The molecule has 0 unspecified atom stereocenters. The second-order valence-electron chi connectivity index (χ2n) is 12.2. The summed E-state index contributed by atoms with van der Waals surface area (Å²) >= 11 is 0. The van der Waals surface area contributed by atoms with Gasteiger partial charge >= 0.3 is 0 Å². The predicted octanol–water partition coefficient (Wildman–Crippen LogP) is 9.01. The molecule has 0 bridgehead atoms. The number of hydrogen-bond donors (Lipinski definition) is 0. The molecule has 3 heteroatoms. The fourth-order valence-corrected chi connectivity index (χ4v) is 7.11. The molecule has 8 rings (SSSR count). The molecule has 2 aromatic heterocycles. The molecule has 1 aliphatic carbocycles. The Morgan fingerprint density at radius 1 is 0.525 bits per heavy atom. The summed E-state index contributed by atoms with van der Waals surface area (Å²) in [7, 11) is 0. The van der Waals surface area contributed by atoms with Crippen LogP contribution >= 0.6 is 0 Å². The Kier molecular flexibility index (Phi) is 4.50. The van der Waals surface area contributed by atoms with E-state index in [0.717, 1.165) is 5.69 Å². The fraction of sp³-hybridized carbons (Fsp3) is 0.162. The number of fused-ring (bicyclic) bond motifs is 7. The zero-order valence-corrected chi connectivity index (χ0v) is 23.1. The topological polar surface area (TPSA) is 35.1 Å². The van der Waals surface area contributed by atoms with Crippen LogP contribution in [-0.2, 0) is 10.8 Å². The van der Waals surface area contributed by atoms with Crippen molar-refractivity contribution in [2.24, 2.45) is 0 Å². The van der Waals surface area contributed by atoms with Gasteiger partial charge in [-0.1, -0.05) is 82.3 Å². The van der Waals surface area contributed by atoms with E-state index in [4.69, 9.17) is 4.42 Å². The third-order valence-corrected chi connectivity index (χ3v) is 9.25. The Bertz CT molecular complexity index is 2190. The van der Waals surface area contributed by atoms with Crippen molar-refractivity contribution in [3.05, 3.63) is 136 Å². The first-order valence-electron chi connectivity index (χ1n) is 13.9. The Morgan fingerprint density at radius 3 is 1.77 bits per heavy atom. The monoisotopic (exact) mass is 519 g/mol. The highest BCUT2D eigenvalue weighted by Crippen LogP contribution is 2.51. The van der Waals surface area contributed by atoms with E-state index in [-0.39, 0.29) is 16.3 Å². The van der Waals surface area contributed by atoms with Gasteiger partial charge in [-0.2, -0.15) is 0 Å². The van der Waals surface area contributed by atoms with Crippen LogP contribution in [0.4, 0.5) is 0 Å². The zero-order valence-electron chi connectivity index (χ0n) is 23.1. The third-order valence-electron chi connectivity index (χ3n) is 9.25. The number of aromatic nitrogens is 1. The summed E-state index contributed by atoms with van der Waals surface area (Å²) in [6.45, 7) is 9.13. The second-order valence-corrected chi connectivity index (χ2v) is 12.2. The van der Waals surface area contributed by atoms with E-state index in [1.807, 2.05) is 24.3 Å². The molecule has 0 saturated heterocycles. The van der Waals surface area contributed by atoms with Crippen LogP contribution in [0.15, 0.2) is 112 Å². The number of hydrogen-bond acceptors (Lipinski definition) is 2. The van der Waals surface area contributed by atoms with Crippen LogP contribution in [-0.4, -0.2) is 4.57 Å². The van der Waals surface area contributed by atoms with Crippen LogP contribution in [0.1, 0.15) is 49.9 Å². The summed E-state index contributed by atoms with van der Waals surface area (Å²) in [6.07, 6.45) is 0. The summed E-state index contributed by atoms with van der Waals surface area (Å²) in [5.41, 5.74) is 9.26. The molecule has 0 spiro atoms. The smallest absolute Gasteiger partial charge is 0.200 e. The molecule has 0 amide bonds. The van der Waals surface area contributed by atoms with Crippen molar-refractivity contribution in [3.63, 3.8) is 0 Å². The van der Waals surface area contributed by atoms with Gasteiger partial charge in [-0.25, -0.2) is 0 Å². The zero-order chi connectivity index (χ0) is 27.4. The molecule has 0 atom stereocenters. The lowest BCUT2D eigenvalue weighted by Crippen LogP contribution is -2.36. The first kappa shape index (κ1) is 23.3. The minimum atomic E-state index is -0.298. The van der Waals surface area contributed by atoms with E-state index in [1.54, 1.807) is 0 Å². The lowest BCUT2D eigenvalue weighted by Gasteiger charge is -2.44. The van der Waals surface area contributed by atoms with E-state index < -0.39 is 0 Å². The molecule has 0 fully saturated rings. The van der Waals surface area contributed by atoms with Crippen LogP contribution in [0.5, 0.6) is 0 Å². The summed E-state index contributed by atoms with van der Waals surface area (Å²) in [4.78, 5) is 13.5. The molecule has 0 aliphatic heterocycles. The summed E-state index contributed by atoms with van der Waals surface area (Å²) in [6, 6.07) is 35.9. The van der Waals surface area contributed by atoms with Crippen LogP contribution < -0.4 is 5.43 Å². The molecule has 5 aromatic carbocycles. The van der Waals surface area contributed by atoms with Gasteiger partial charge in [0.2, 0.25) is 5.43 Å². The largest absolute Gasteiger partial charge is 0.456 e. The molecule has 0 saturated carbocycles. The van der Waals surface area contributed by atoms with Gasteiger partial charge in [-0.3, -0.25) is 4.79 Å². The van der Waals surface area contributed by atoms with Crippen molar-refractivity contribution in [1.82, 2.24) is 4.57 Å². The van der Waals surface area contributed by atoms with Crippen LogP contribution in [0, 0.1) is 0 Å². The first-order chi connectivity index (χ1) is 19.3. The van der Waals surface area contributed by atoms with Crippen molar-refractivity contribution in [1.29, 1.82) is 0 Å². The molecule has 40 heavy (non-hydrogen) atoms. The van der Waals surface area contributed by atoms with E-state index in [1.165, 1.54) is 44.1 Å². The van der Waals surface area contributed by atoms with E-state index in [2.05, 4.69) is 111 Å². The van der Waals surface area contributed by atoms with Crippen LogP contribution in [0.25, 0.3) is 49.4 Å². The first-order valence-corrected chi connectivity index (χ1v) is 13.9. The summed E-state index contributed by atoms with van der Waals surface area (Å²) < 4.78 is 8.70.